The highest BCUT2D eigenvalue weighted by Gasteiger charge is 2.43. The van der Waals surface area contributed by atoms with Crippen LogP contribution in [0.4, 0.5) is 4.79 Å². The average molecular weight is 257 g/mol. The van der Waals surface area contributed by atoms with Crippen molar-refractivity contribution >= 4 is 17.9 Å². The van der Waals surface area contributed by atoms with Crippen molar-refractivity contribution in [1.29, 1.82) is 0 Å². The number of hydrogen-bond acceptors (Lipinski definition) is 4. The number of carboxylic acids is 1. The Bertz CT molecular complexity index is 380. The van der Waals surface area contributed by atoms with Crippen LogP contribution in [-0.2, 0) is 9.59 Å². The van der Waals surface area contributed by atoms with Gasteiger partial charge in [-0.3, -0.25) is 19.4 Å². The van der Waals surface area contributed by atoms with Gasteiger partial charge in [0, 0.05) is 13.1 Å². The van der Waals surface area contributed by atoms with Crippen molar-refractivity contribution in [3.8, 4) is 0 Å². The van der Waals surface area contributed by atoms with E-state index in [-0.39, 0.29) is 12.5 Å². The van der Waals surface area contributed by atoms with Crippen LogP contribution in [0.2, 0.25) is 0 Å². The number of nitrogens with one attached hydrogen (secondary N) is 1. The van der Waals surface area contributed by atoms with Gasteiger partial charge in [-0.1, -0.05) is 0 Å². The lowest BCUT2D eigenvalue weighted by Gasteiger charge is -2.23. The van der Waals surface area contributed by atoms with E-state index in [1.54, 1.807) is 32.7 Å². The second-order valence-corrected chi connectivity index (χ2v) is 5.01. The van der Waals surface area contributed by atoms with Gasteiger partial charge in [-0.15, -0.1) is 0 Å². The molecule has 0 bridgehead atoms. The molecule has 0 spiro atoms. The Balaban J connectivity index is 2.57. The summed E-state index contributed by atoms with van der Waals surface area (Å²) in [5, 5.41) is 11.4. The van der Waals surface area contributed by atoms with E-state index < -0.39 is 23.6 Å². The number of amides is 3. The number of rotatable bonds is 5. The summed E-state index contributed by atoms with van der Waals surface area (Å²) in [7, 11) is 1.64. The van der Waals surface area contributed by atoms with Crippen LogP contribution in [-0.4, -0.2) is 64.5 Å². The van der Waals surface area contributed by atoms with Gasteiger partial charge in [0.05, 0.1) is 0 Å². The van der Waals surface area contributed by atoms with E-state index in [9.17, 15) is 14.4 Å². The van der Waals surface area contributed by atoms with Crippen molar-refractivity contribution < 1.29 is 19.5 Å². The lowest BCUT2D eigenvalue weighted by Crippen LogP contribution is -2.44. The topological polar surface area (TPSA) is 89.9 Å². The summed E-state index contributed by atoms with van der Waals surface area (Å²) in [5.41, 5.74) is -0.881. The maximum Gasteiger partial charge on any atom is 0.325 e. The zero-order chi connectivity index (χ0) is 14.1. The minimum atomic E-state index is -0.935. The molecule has 7 nitrogen and oxygen atoms in total. The van der Waals surface area contributed by atoms with Gasteiger partial charge in [0.2, 0.25) is 0 Å². The summed E-state index contributed by atoms with van der Waals surface area (Å²) in [6.45, 7) is 5.33. The predicted molar refractivity (Wildman–Crippen MR) is 64.1 cm³/mol. The van der Waals surface area contributed by atoms with Crippen LogP contribution in [0.1, 0.15) is 20.8 Å². The minimum Gasteiger partial charge on any atom is -0.480 e. The van der Waals surface area contributed by atoms with Crippen molar-refractivity contribution in [1.82, 2.24) is 15.1 Å². The first-order valence-corrected chi connectivity index (χ1v) is 5.74. The maximum absolute atomic E-state index is 11.9. The van der Waals surface area contributed by atoms with E-state index in [4.69, 9.17) is 5.11 Å². The number of carboxylic acid groups (broad SMARTS) is 1. The third kappa shape index (κ3) is 2.79. The summed E-state index contributed by atoms with van der Waals surface area (Å²) in [5.74, 6) is -1.22. The molecule has 0 aromatic rings. The van der Waals surface area contributed by atoms with E-state index in [1.165, 1.54) is 0 Å². The summed E-state index contributed by atoms with van der Waals surface area (Å²) < 4.78 is 0. The number of carbonyl (C=O) groups is 3. The highest BCUT2D eigenvalue weighted by atomic mass is 16.4. The van der Waals surface area contributed by atoms with Gasteiger partial charge in [0.15, 0.2) is 0 Å². The van der Waals surface area contributed by atoms with Crippen molar-refractivity contribution in [2.45, 2.75) is 32.4 Å². The summed E-state index contributed by atoms with van der Waals surface area (Å²) in [6, 6.07) is -1.08. The molecular weight excluding hydrogens is 238 g/mol. The number of urea groups is 1. The molecule has 0 aromatic heterocycles. The third-order valence-electron chi connectivity index (χ3n) is 3.14. The molecule has 1 aliphatic heterocycles. The molecule has 1 fully saturated rings. The molecule has 3 amide bonds. The van der Waals surface area contributed by atoms with Gasteiger partial charge >= 0.3 is 12.0 Å². The molecule has 1 rings (SSSR count). The Hall–Kier alpha value is -1.63. The summed E-state index contributed by atoms with van der Waals surface area (Å²) in [6.07, 6.45) is 0. The molecule has 0 aliphatic carbocycles. The van der Waals surface area contributed by atoms with E-state index in [1.807, 2.05) is 0 Å². The number of imide groups is 1. The monoisotopic (exact) mass is 257 g/mol. The van der Waals surface area contributed by atoms with E-state index >= 15 is 0 Å². The highest BCUT2D eigenvalue weighted by molar-refractivity contribution is 6.06. The molecular formula is C11H19N3O4. The summed E-state index contributed by atoms with van der Waals surface area (Å²) >= 11 is 0. The van der Waals surface area contributed by atoms with Crippen LogP contribution in [0.25, 0.3) is 0 Å². The van der Waals surface area contributed by atoms with Gasteiger partial charge in [-0.2, -0.15) is 0 Å². The lowest BCUT2D eigenvalue weighted by atomic mass is 10.1. The van der Waals surface area contributed by atoms with E-state index in [0.29, 0.717) is 6.54 Å². The van der Waals surface area contributed by atoms with Gasteiger partial charge in [-0.05, 0) is 27.8 Å². The molecule has 0 radical (unpaired) electrons. The largest absolute Gasteiger partial charge is 0.480 e. The smallest absolute Gasteiger partial charge is 0.325 e. The number of hydrogen-bond donors (Lipinski definition) is 2. The zero-order valence-electron chi connectivity index (χ0n) is 11.1. The zero-order valence-corrected chi connectivity index (χ0v) is 11.1. The van der Waals surface area contributed by atoms with Crippen molar-refractivity contribution in [2.75, 3.05) is 20.1 Å². The van der Waals surface area contributed by atoms with Gasteiger partial charge < -0.3 is 10.4 Å². The van der Waals surface area contributed by atoms with Crippen molar-refractivity contribution in [2.24, 2.45) is 0 Å². The first-order valence-electron chi connectivity index (χ1n) is 5.74. The van der Waals surface area contributed by atoms with Crippen LogP contribution < -0.4 is 5.32 Å². The molecule has 1 unspecified atom stereocenters. The van der Waals surface area contributed by atoms with Gasteiger partial charge in [0.25, 0.3) is 5.91 Å². The SMILES string of the molecule is CC(C(=O)O)N(C)CCN1C(=O)NC(C)(C)C1=O. The molecule has 2 N–H and O–H groups in total. The average Bonchev–Trinajstić information content (AvgIpc) is 2.44. The number of likely N-dealkylation sites (N-methyl/N-ethyl adjacent to an activating group) is 1. The van der Waals surface area contributed by atoms with Crippen molar-refractivity contribution in [3.05, 3.63) is 0 Å². The Kier molecular flexibility index (Phi) is 3.95. The number of aliphatic carboxylic acids is 1. The van der Waals surface area contributed by atoms with Crippen LogP contribution >= 0.6 is 0 Å². The first kappa shape index (κ1) is 14.4. The molecule has 1 aliphatic rings. The molecule has 1 saturated heterocycles. The normalized spacial score (nSPS) is 20.2. The number of nitrogens with zero attached hydrogens (tertiary/aromatic N) is 2. The number of carbonyl (C=O) groups excluding carboxylic acids is 2. The quantitative estimate of drug-likeness (QED) is 0.661. The molecule has 1 atom stereocenters. The first-order chi connectivity index (χ1) is 8.16. The van der Waals surface area contributed by atoms with Crippen molar-refractivity contribution in [3.63, 3.8) is 0 Å². The second-order valence-electron chi connectivity index (χ2n) is 5.01. The Morgan fingerprint density at radius 1 is 1.50 bits per heavy atom. The highest BCUT2D eigenvalue weighted by Crippen LogP contribution is 2.16. The fourth-order valence-electron chi connectivity index (χ4n) is 1.66. The summed E-state index contributed by atoms with van der Waals surface area (Å²) in [4.78, 5) is 36.9. The Morgan fingerprint density at radius 3 is 2.44 bits per heavy atom. The Labute approximate surface area is 106 Å². The van der Waals surface area contributed by atoms with Crippen LogP contribution in [0.3, 0.4) is 0 Å². The van der Waals surface area contributed by atoms with Gasteiger partial charge in [-0.25, -0.2) is 4.79 Å². The predicted octanol–water partition coefficient (Wildman–Crippen LogP) is -0.278. The van der Waals surface area contributed by atoms with E-state index in [2.05, 4.69) is 5.32 Å². The van der Waals surface area contributed by atoms with Crippen LogP contribution in [0.5, 0.6) is 0 Å². The van der Waals surface area contributed by atoms with Crippen LogP contribution in [0.15, 0.2) is 0 Å². The molecule has 7 heteroatoms. The third-order valence-corrected chi connectivity index (χ3v) is 3.14. The maximum atomic E-state index is 11.9. The molecule has 102 valence electrons. The van der Waals surface area contributed by atoms with Crippen LogP contribution in [0, 0.1) is 0 Å². The molecule has 0 saturated carbocycles. The Morgan fingerprint density at radius 2 is 2.06 bits per heavy atom. The molecule has 0 aromatic carbocycles. The van der Waals surface area contributed by atoms with Gasteiger partial charge in [0.1, 0.15) is 11.6 Å². The lowest BCUT2D eigenvalue weighted by molar-refractivity contribution is -0.142. The fraction of sp³-hybridized carbons (Fsp3) is 0.727. The molecule has 1 heterocycles. The fourth-order valence-corrected chi connectivity index (χ4v) is 1.66. The minimum absolute atomic E-state index is 0.183. The standard InChI is InChI=1S/C11H19N3O4/c1-7(8(15)16)13(4)5-6-14-9(17)11(2,3)12-10(14)18/h7H,5-6H2,1-4H3,(H,12,18)(H,15,16). The second kappa shape index (κ2) is 4.93. The molecule has 18 heavy (non-hydrogen) atoms. The van der Waals surface area contributed by atoms with E-state index in [0.717, 1.165) is 4.90 Å².